The molecule has 106 valence electrons. The molecular formula is C19H24O. The van der Waals surface area contributed by atoms with Gasteiger partial charge in [0.15, 0.2) is 0 Å². The topological polar surface area (TPSA) is 20.2 Å². The summed E-state index contributed by atoms with van der Waals surface area (Å²) in [7, 11) is 0. The average molecular weight is 268 g/mol. The third-order valence-corrected chi connectivity index (χ3v) is 3.93. The van der Waals surface area contributed by atoms with Gasteiger partial charge in [-0.2, -0.15) is 0 Å². The van der Waals surface area contributed by atoms with Gasteiger partial charge in [-0.25, -0.2) is 0 Å². The van der Waals surface area contributed by atoms with Gasteiger partial charge in [-0.15, -0.1) is 0 Å². The fourth-order valence-electron chi connectivity index (χ4n) is 2.49. The zero-order valence-electron chi connectivity index (χ0n) is 12.6. The van der Waals surface area contributed by atoms with Crippen LogP contribution in [0, 0.1) is 0 Å². The maximum absolute atomic E-state index is 10.4. The lowest BCUT2D eigenvalue weighted by Crippen LogP contribution is -2.04. The van der Waals surface area contributed by atoms with Crippen LogP contribution in [0.5, 0.6) is 0 Å². The van der Waals surface area contributed by atoms with Crippen LogP contribution in [0.15, 0.2) is 54.6 Å². The van der Waals surface area contributed by atoms with Gasteiger partial charge in [0.05, 0.1) is 6.10 Å². The molecule has 0 bridgehead atoms. The number of rotatable bonds is 5. The highest BCUT2D eigenvalue weighted by molar-refractivity contribution is 5.27. The van der Waals surface area contributed by atoms with E-state index >= 15 is 0 Å². The summed E-state index contributed by atoms with van der Waals surface area (Å²) >= 11 is 0. The first-order chi connectivity index (χ1) is 9.58. The molecular weight excluding hydrogens is 244 g/mol. The second-order valence-corrected chi connectivity index (χ2v) is 5.88. The van der Waals surface area contributed by atoms with Crippen molar-refractivity contribution in [3.8, 4) is 0 Å². The first kappa shape index (κ1) is 14.8. The second-order valence-electron chi connectivity index (χ2n) is 5.88. The summed E-state index contributed by atoms with van der Waals surface area (Å²) in [4.78, 5) is 0. The summed E-state index contributed by atoms with van der Waals surface area (Å²) in [6.07, 6.45) is 0.358. The zero-order valence-corrected chi connectivity index (χ0v) is 12.6. The van der Waals surface area contributed by atoms with Crippen molar-refractivity contribution in [3.63, 3.8) is 0 Å². The quantitative estimate of drug-likeness (QED) is 0.805. The van der Waals surface area contributed by atoms with E-state index in [4.69, 9.17) is 0 Å². The maximum Gasteiger partial charge on any atom is 0.0795 e. The van der Waals surface area contributed by atoms with E-state index in [1.54, 1.807) is 0 Å². The van der Waals surface area contributed by atoms with Gasteiger partial charge in [0.25, 0.3) is 0 Å². The van der Waals surface area contributed by atoms with E-state index in [1.807, 2.05) is 6.07 Å². The van der Waals surface area contributed by atoms with E-state index < -0.39 is 6.10 Å². The van der Waals surface area contributed by atoms with Crippen LogP contribution in [0.25, 0.3) is 0 Å². The van der Waals surface area contributed by atoms with Crippen molar-refractivity contribution in [1.29, 1.82) is 0 Å². The second kappa shape index (κ2) is 6.71. The summed E-state index contributed by atoms with van der Waals surface area (Å²) < 4.78 is 0. The molecule has 0 heterocycles. The molecule has 2 atom stereocenters. The van der Waals surface area contributed by atoms with E-state index in [9.17, 15) is 5.11 Å². The maximum atomic E-state index is 10.4. The van der Waals surface area contributed by atoms with Crippen molar-refractivity contribution in [2.45, 2.75) is 45.1 Å². The third kappa shape index (κ3) is 3.71. The Hall–Kier alpha value is -1.60. The van der Waals surface area contributed by atoms with Gasteiger partial charge in [-0.3, -0.25) is 0 Å². The van der Waals surface area contributed by atoms with Crippen molar-refractivity contribution < 1.29 is 5.11 Å². The molecule has 0 aliphatic carbocycles. The lowest BCUT2D eigenvalue weighted by molar-refractivity contribution is 0.159. The molecule has 0 fully saturated rings. The first-order valence-corrected chi connectivity index (χ1v) is 7.40. The molecule has 20 heavy (non-hydrogen) atoms. The van der Waals surface area contributed by atoms with Gasteiger partial charge in [-0.1, -0.05) is 75.4 Å². The Morgan fingerprint density at radius 2 is 1.30 bits per heavy atom. The van der Waals surface area contributed by atoms with E-state index in [0.29, 0.717) is 11.8 Å². The summed E-state index contributed by atoms with van der Waals surface area (Å²) in [5, 5.41) is 10.4. The molecule has 2 unspecified atom stereocenters. The molecule has 2 aromatic carbocycles. The van der Waals surface area contributed by atoms with Crippen molar-refractivity contribution in [1.82, 2.24) is 0 Å². The normalized spacial score (nSPS) is 14.2. The van der Waals surface area contributed by atoms with E-state index in [2.05, 4.69) is 69.3 Å². The molecule has 0 saturated heterocycles. The summed E-state index contributed by atoms with van der Waals surface area (Å²) in [6.45, 7) is 6.53. The minimum Gasteiger partial charge on any atom is -0.388 e. The number of hydrogen-bond donors (Lipinski definition) is 1. The van der Waals surface area contributed by atoms with Crippen LogP contribution in [0.4, 0.5) is 0 Å². The van der Waals surface area contributed by atoms with E-state index in [1.165, 1.54) is 11.1 Å². The predicted molar refractivity (Wildman–Crippen MR) is 85.0 cm³/mol. The Bertz CT molecular complexity index is 513. The Balaban J connectivity index is 2.02. The van der Waals surface area contributed by atoms with Crippen molar-refractivity contribution in [3.05, 3.63) is 71.3 Å². The largest absolute Gasteiger partial charge is 0.388 e. The van der Waals surface area contributed by atoms with Gasteiger partial charge in [0.1, 0.15) is 0 Å². The Morgan fingerprint density at radius 1 is 0.750 bits per heavy atom. The van der Waals surface area contributed by atoms with Crippen LogP contribution >= 0.6 is 0 Å². The molecule has 2 aromatic rings. The average Bonchev–Trinajstić information content (AvgIpc) is 2.48. The molecule has 0 aromatic heterocycles. The van der Waals surface area contributed by atoms with Crippen LogP contribution in [-0.4, -0.2) is 5.11 Å². The lowest BCUT2D eigenvalue weighted by Gasteiger charge is -2.18. The Morgan fingerprint density at radius 3 is 1.85 bits per heavy atom. The van der Waals surface area contributed by atoms with Crippen molar-refractivity contribution in [2.24, 2.45) is 0 Å². The van der Waals surface area contributed by atoms with Crippen LogP contribution in [0.3, 0.4) is 0 Å². The van der Waals surface area contributed by atoms with E-state index in [-0.39, 0.29) is 0 Å². The molecule has 1 nitrogen and oxygen atoms in total. The van der Waals surface area contributed by atoms with E-state index in [0.717, 1.165) is 12.0 Å². The Labute approximate surface area is 122 Å². The Kier molecular flexibility index (Phi) is 4.97. The predicted octanol–water partition coefficient (Wildman–Crippen LogP) is 5.04. The summed E-state index contributed by atoms with van der Waals surface area (Å²) in [5.41, 5.74) is 3.61. The molecule has 0 spiro atoms. The van der Waals surface area contributed by atoms with Crippen molar-refractivity contribution in [2.75, 3.05) is 0 Å². The van der Waals surface area contributed by atoms with Gasteiger partial charge in [0, 0.05) is 0 Å². The highest BCUT2D eigenvalue weighted by Gasteiger charge is 2.14. The van der Waals surface area contributed by atoms with Crippen LogP contribution in [0.1, 0.15) is 61.8 Å². The molecule has 1 N–H and O–H groups in total. The SMILES string of the molecule is CC(C)c1ccc(C(O)CC(C)c2ccccc2)cc1. The molecule has 2 rings (SSSR count). The lowest BCUT2D eigenvalue weighted by atomic mass is 9.91. The van der Waals surface area contributed by atoms with Gasteiger partial charge in [-0.05, 0) is 34.9 Å². The molecule has 0 amide bonds. The number of hydrogen-bond acceptors (Lipinski definition) is 1. The minimum absolute atomic E-state index is 0.357. The number of benzene rings is 2. The highest BCUT2D eigenvalue weighted by Crippen LogP contribution is 2.28. The third-order valence-electron chi connectivity index (χ3n) is 3.93. The standard InChI is InChI=1S/C19H24O/c1-14(2)16-9-11-18(12-10-16)19(20)13-15(3)17-7-5-4-6-8-17/h4-12,14-15,19-20H,13H2,1-3H3. The molecule has 0 saturated carbocycles. The monoisotopic (exact) mass is 268 g/mol. The molecule has 0 radical (unpaired) electrons. The summed E-state index contributed by atoms with van der Waals surface area (Å²) in [6, 6.07) is 18.7. The minimum atomic E-state index is -0.397. The van der Waals surface area contributed by atoms with Crippen LogP contribution < -0.4 is 0 Å². The first-order valence-electron chi connectivity index (χ1n) is 7.40. The summed E-state index contributed by atoms with van der Waals surface area (Å²) in [5.74, 6) is 0.889. The molecule has 1 heteroatoms. The highest BCUT2D eigenvalue weighted by atomic mass is 16.3. The van der Waals surface area contributed by atoms with Crippen LogP contribution in [0.2, 0.25) is 0 Å². The van der Waals surface area contributed by atoms with Crippen LogP contribution in [-0.2, 0) is 0 Å². The fourth-order valence-corrected chi connectivity index (χ4v) is 2.49. The zero-order chi connectivity index (χ0) is 14.5. The van der Waals surface area contributed by atoms with Crippen molar-refractivity contribution >= 4 is 0 Å². The number of aliphatic hydroxyl groups excluding tert-OH is 1. The van der Waals surface area contributed by atoms with Gasteiger partial charge < -0.3 is 5.11 Å². The molecule has 0 aliphatic rings. The molecule has 0 aliphatic heterocycles. The fraction of sp³-hybridized carbons (Fsp3) is 0.368. The van der Waals surface area contributed by atoms with Gasteiger partial charge >= 0.3 is 0 Å². The smallest absolute Gasteiger partial charge is 0.0795 e. The number of aliphatic hydroxyl groups is 1. The van der Waals surface area contributed by atoms with Gasteiger partial charge in [0.2, 0.25) is 0 Å².